The number of piperidine rings is 2. The van der Waals surface area contributed by atoms with Crippen LogP contribution in [-0.4, -0.2) is 30.2 Å². The van der Waals surface area contributed by atoms with Crippen molar-refractivity contribution in [3.05, 3.63) is 34.9 Å². The van der Waals surface area contributed by atoms with Crippen LogP contribution < -0.4 is 0 Å². The number of halogens is 1. The fourth-order valence-electron chi connectivity index (χ4n) is 3.83. The summed E-state index contributed by atoms with van der Waals surface area (Å²) in [6.45, 7) is 3.19. The van der Waals surface area contributed by atoms with E-state index in [0.29, 0.717) is 24.5 Å². The molecule has 3 fully saturated rings. The van der Waals surface area contributed by atoms with Gasteiger partial charge in [0, 0.05) is 17.6 Å². The predicted octanol–water partition coefficient (Wildman–Crippen LogP) is 4.14. The summed E-state index contributed by atoms with van der Waals surface area (Å²) in [6.07, 6.45) is 4.43. The van der Waals surface area contributed by atoms with Crippen molar-refractivity contribution in [2.75, 3.05) is 13.2 Å². The normalized spacial score (nSPS) is 27.7. The number of fused-ring (bicyclic) bond motifs is 3. The molecule has 1 saturated carbocycles. The maximum absolute atomic E-state index is 12.0. The Labute approximate surface area is 131 Å². The summed E-state index contributed by atoms with van der Waals surface area (Å²) < 4.78 is 5.17. The Morgan fingerprint density at radius 3 is 2.71 bits per heavy atom. The number of amides is 1. The van der Waals surface area contributed by atoms with E-state index in [9.17, 15) is 4.79 Å². The van der Waals surface area contributed by atoms with Crippen molar-refractivity contribution < 1.29 is 9.53 Å². The Morgan fingerprint density at radius 1 is 1.33 bits per heavy atom. The van der Waals surface area contributed by atoms with Crippen LogP contribution in [0.4, 0.5) is 4.79 Å². The molecule has 0 aromatic heterocycles. The zero-order valence-corrected chi connectivity index (χ0v) is 13.2. The Balaban J connectivity index is 1.64. The molecule has 0 spiro atoms. The third-order valence-electron chi connectivity index (χ3n) is 4.90. The van der Waals surface area contributed by atoms with E-state index >= 15 is 0 Å². The Morgan fingerprint density at radius 2 is 2.10 bits per heavy atom. The fraction of sp³-hybridized carbons (Fsp3) is 0.588. The van der Waals surface area contributed by atoms with Crippen LogP contribution in [0.25, 0.3) is 0 Å². The van der Waals surface area contributed by atoms with Crippen molar-refractivity contribution in [3.8, 4) is 0 Å². The van der Waals surface area contributed by atoms with Gasteiger partial charge in [0.1, 0.15) is 0 Å². The first-order chi connectivity index (χ1) is 10.2. The molecule has 1 aromatic rings. The summed E-state index contributed by atoms with van der Waals surface area (Å²) in [5.41, 5.74) is 1.35. The molecule has 2 aliphatic heterocycles. The second-order valence-electron chi connectivity index (χ2n) is 6.17. The van der Waals surface area contributed by atoms with Gasteiger partial charge in [0.25, 0.3) is 0 Å². The topological polar surface area (TPSA) is 29.5 Å². The van der Waals surface area contributed by atoms with Crippen LogP contribution in [0.2, 0.25) is 5.02 Å². The van der Waals surface area contributed by atoms with Gasteiger partial charge in [0.15, 0.2) is 0 Å². The molecule has 114 valence electrons. The maximum atomic E-state index is 12.0. The Hall–Kier alpha value is -1.22. The summed E-state index contributed by atoms with van der Waals surface area (Å²) in [7, 11) is 0. The minimum Gasteiger partial charge on any atom is -0.450 e. The maximum Gasteiger partial charge on any atom is 0.410 e. The van der Waals surface area contributed by atoms with Crippen molar-refractivity contribution in [1.29, 1.82) is 0 Å². The van der Waals surface area contributed by atoms with E-state index in [4.69, 9.17) is 16.3 Å². The van der Waals surface area contributed by atoms with Crippen LogP contribution in [0.1, 0.15) is 31.7 Å². The van der Waals surface area contributed by atoms with E-state index in [-0.39, 0.29) is 6.09 Å². The number of benzene rings is 1. The molecule has 0 N–H and O–H groups in total. The number of hydrogen-bond donors (Lipinski definition) is 0. The molecule has 2 heterocycles. The molecule has 4 heteroatoms. The highest BCUT2D eigenvalue weighted by atomic mass is 35.5. The summed E-state index contributed by atoms with van der Waals surface area (Å²) in [6, 6.07) is 8.53. The summed E-state index contributed by atoms with van der Waals surface area (Å²) in [5, 5.41) is 0.789. The highest BCUT2D eigenvalue weighted by molar-refractivity contribution is 6.30. The molecule has 0 radical (unpaired) electrons. The van der Waals surface area contributed by atoms with Crippen LogP contribution >= 0.6 is 11.6 Å². The van der Waals surface area contributed by atoms with Gasteiger partial charge in [-0.05, 0) is 62.1 Å². The van der Waals surface area contributed by atoms with Crippen molar-refractivity contribution in [2.45, 2.75) is 38.6 Å². The molecule has 4 rings (SSSR count). The van der Waals surface area contributed by atoms with Gasteiger partial charge < -0.3 is 9.64 Å². The van der Waals surface area contributed by atoms with E-state index in [1.807, 2.05) is 24.0 Å². The average molecular weight is 308 g/mol. The molecule has 2 bridgehead atoms. The number of carbonyl (C=O) groups excluding carboxylic acids is 1. The lowest BCUT2D eigenvalue weighted by atomic mass is 9.70. The van der Waals surface area contributed by atoms with E-state index in [0.717, 1.165) is 30.8 Å². The van der Waals surface area contributed by atoms with E-state index in [2.05, 4.69) is 12.1 Å². The molecule has 3 aliphatic rings. The lowest BCUT2D eigenvalue weighted by Crippen LogP contribution is -2.54. The first kappa shape index (κ1) is 14.7. The second-order valence-corrected chi connectivity index (χ2v) is 6.61. The molecule has 3 atom stereocenters. The molecule has 2 saturated heterocycles. The molecule has 3 unspecified atom stereocenters. The van der Waals surface area contributed by atoms with E-state index in [1.54, 1.807) is 0 Å². The first-order valence-electron chi connectivity index (χ1n) is 7.85. The SMILES string of the molecule is CCOC(=O)N1CC2CCC1CC2Cc1ccc(Cl)cc1. The Kier molecular flexibility index (Phi) is 4.39. The largest absolute Gasteiger partial charge is 0.450 e. The van der Waals surface area contributed by atoms with Gasteiger partial charge in [-0.2, -0.15) is 0 Å². The molecule has 21 heavy (non-hydrogen) atoms. The number of hydrogen-bond acceptors (Lipinski definition) is 2. The zero-order valence-electron chi connectivity index (χ0n) is 12.4. The van der Waals surface area contributed by atoms with Crippen LogP contribution in [0, 0.1) is 11.8 Å². The van der Waals surface area contributed by atoms with Crippen molar-refractivity contribution in [2.24, 2.45) is 11.8 Å². The zero-order chi connectivity index (χ0) is 14.8. The lowest BCUT2D eigenvalue weighted by Gasteiger charge is -2.49. The van der Waals surface area contributed by atoms with Crippen molar-refractivity contribution in [1.82, 2.24) is 4.90 Å². The lowest BCUT2D eigenvalue weighted by molar-refractivity contribution is 0.00212. The molecule has 3 nitrogen and oxygen atoms in total. The van der Waals surface area contributed by atoms with E-state index < -0.39 is 0 Å². The van der Waals surface area contributed by atoms with Gasteiger partial charge in [0.05, 0.1) is 6.61 Å². The van der Waals surface area contributed by atoms with Crippen LogP contribution in [0.3, 0.4) is 0 Å². The van der Waals surface area contributed by atoms with Crippen molar-refractivity contribution >= 4 is 17.7 Å². The van der Waals surface area contributed by atoms with Crippen molar-refractivity contribution in [3.63, 3.8) is 0 Å². The standard InChI is InChI=1S/C17H22ClNO2/c1-2-21-17(20)19-11-13-5-8-16(19)10-14(13)9-12-3-6-15(18)7-4-12/h3-4,6-7,13-14,16H,2,5,8-11H2,1H3. The average Bonchev–Trinajstić information content (AvgIpc) is 2.50. The number of nitrogens with zero attached hydrogens (tertiary/aromatic N) is 1. The molecule has 1 amide bonds. The molecular formula is C17H22ClNO2. The minimum atomic E-state index is -0.128. The van der Waals surface area contributed by atoms with Crippen LogP contribution in [-0.2, 0) is 11.2 Å². The number of rotatable bonds is 3. The number of ether oxygens (including phenoxy) is 1. The third kappa shape index (κ3) is 3.18. The van der Waals surface area contributed by atoms with Gasteiger partial charge in [-0.15, -0.1) is 0 Å². The van der Waals surface area contributed by atoms with Crippen LogP contribution in [0.15, 0.2) is 24.3 Å². The van der Waals surface area contributed by atoms with Gasteiger partial charge in [-0.1, -0.05) is 23.7 Å². The third-order valence-corrected chi connectivity index (χ3v) is 5.15. The monoisotopic (exact) mass is 307 g/mol. The second kappa shape index (κ2) is 6.27. The van der Waals surface area contributed by atoms with Gasteiger partial charge in [0.2, 0.25) is 0 Å². The fourth-order valence-corrected chi connectivity index (χ4v) is 3.96. The smallest absolute Gasteiger partial charge is 0.410 e. The minimum absolute atomic E-state index is 0.128. The summed E-state index contributed by atoms with van der Waals surface area (Å²) in [4.78, 5) is 13.9. The summed E-state index contributed by atoms with van der Waals surface area (Å²) in [5.74, 6) is 1.28. The first-order valence-corrected chi connectivity index (χ1v) is 8.23. The molecular weight excluding hydrogens is 286 g/mol. The molecule has 1 aliphatic carbocycles. The number of carbonyl (C=O) groups is 1. The molecule has 1 aromatic carbocycles. The predicted molar refractivity (Wildman–Crippen MR) is 83.5 cm³/mol. The highest BCUT2D eigenvalue weighted by Crippen LogP contribution is 2.41. The quantitative estimate of drug-likeness (QED) is 0.840. The van der Waals surface area contributed by atoms with Crippen LogP contribution in [0.5, 0.6) is 0 Å². The van der Waals surface area contributed by atoms with Gasteiger partial charge >= 0.3 is 6.09 Å². The highest BCUT2D eigenvalue weighted by Gasteiger charge is 2.42. The van der Waals surface area contributed by atoms with Gasteiger partial charge in [-0.3, -0.25) is 0 Å². The Bertz CT molecular complexity index is 502. The van der Waals surface area contributed by atoms with E-state index in [1.165, 1.54) is 12.0 Å². The summed E-state index contributed by atoms with van der Waals surface area (Å²) >= 11 is 5.94. The van der Waals surface area contributed by atoms with Gasteiger partial charge in [-0.25, -0.2) is 4.79 Å².